The minimum absolute atomic E-state index is 0.00931. The molecule has 0 amide bonds. The Labute approximate surface area is 286 Å². The number of carbonyl (C=O) groups is 3. The molecule has 0 spiro atoms. The fourth-order valence-electron chi connectivity index (χ4n) is 7.64. The summed E-state index contributed by atoms with van der Waals surface area (Å²) in [5.74, 6) is -1.66. The van der Waals surface area contributed by atoms with Gasteiger partial charge in [0.05, 0.1) is 17.5 Å². The molecule has 2 aromatic rings. The monoisotopic (exact) mass is 660 g/mol. The maximum atomic E-state index is 12.9. The van der Waals surface area contributed by atoms with Gasteiger partial charge in [0.25, 0.3) is 0 Å². The molecule has 0 saturated carbocycles. The summed E-state index contributed by atoms with van der Waals surface area (Å²) in [6.07, 6.45) is 7.36. The van der Waals surface area contributed by atoms with Crippen LogP contribution in [0.15, 0.2) is 60.5 Å². The van der Waals surface area contributed by atoms with Crippen LogP contribution in [0.1, 0.15) is 98.2 Å². The summed E-state index contributed by atoms with van der Waals surface area (Å²) >= 11 is 0. The molecule has 8 heteroatoms. The molecule has 262 valence electrons. The van der Waals surface area contributed by atoms with Crippen LogP contribution in [0, 0.1) is 35.5 Å². The summed E-state index contributed by atoms with van der Waals surface area (Å²) in [7, 11) is 0. The number of fused-ring (bicyclic) bond motifs is 4. The molecule has 3 fully saturated rings. The van der Waals surface area contributed by atoms with Crippen molar-refractivity contribution >= 4 is 28.3 Å². The van der Waals surface area contributed by atoms with Crippen molar-refractivity contribution in [1.82, 2.24) is 9.88 Å². The van der Waals surface area contributed by atoms with Gasteiger partial charge in [-0.1, -0.05) is 72.2 Å². The summed E-state index contributed by atoms with van der Waals surface area (Å²) in [4.78, 5) is 45.0. The Balaban J connectivity index is 0.000000219. The number of aliphatic hydroxyl groups is 3. The molecule has 7 atom stereocenters. The lowest BCUT2D eigenvalue weighted by Gasteiger charge is -2.50. The normalized spacial score (nSPS) is 27.5. The van der Waals surface area contributed by atoms with E-state index in [1.165, 1.54) is 6.42 Å². The van der Waals surface area contributed by atoms with E-state index in [2.05, 4.69) is 28.6 Å². The standard InChI is InChI=1S/C21H34O5.C19H22N2O/c1-12(2)7-9-15-19(24)18(16(22)11-14(5)6)20(25)21(15,26)17(23)10-8-13(3)4;1-2-13-12-21-10-8-14(13)11-18(21)19(22)16-7-9-20-17-6-4-3-5-15(16)17/h12-15,25-26H,7-11H2,1-6H3;2-7,9,13-14,18-19,22H,1,8,10-12H2/t15-,21+;13-,14-,18+,19-/m01/s1. The number of pyridine rings is 1. The average molecular weight is 661 g/mol. The van der Waals surface area contributed by atoms with Crippen LogP contribution >= 0.6 is 0 Å². The number of hydrogen-bond donors (Lipinski definition) is 3. The van der Waals surface area contributed by atoms with Crippen molar-refractivity contribution in [3.05, 3.63) is 66.1 Å². The highest BCUT2D eigenvalue weighted by atomic mass is 16.3. The van der Waals surface area contributed by atoms with Gasteiger partial charge in [-0.25, -0.2) is 0 Å². The Morgan fingerprint density at radius 1 is 1.06 bits per heavy atom. The lowest BCUT2D eigenvalue weighted by Crippen LogP contribution is -2.54. The number of rotatable bonds is 13. The summed E-state index contributed by atoms with van der Waals surface area (Å²) < 4.78 is 0. The van der Waals surface area contributed by atoms with Crippen LogP contribution in [0.5, 0.6) is 0 Å². The first-order chi connectivity index (χ1) is 22.7. The molecule has 1 aliphatic carbocycles. The number of Topliss-reactive ketones (excluding diaryl/α,β-unsaturated/α-hetero) is 3. The number of hydrogen-bond acceptors (Lipinski definition) is 8. The Kier molecular flexibility index (Phi) is 12.5. The predicted molar refractivity (Wildman–Crippen MR) is 189 cm³/mol. The van der Waals surface area contributed by atoms with Gasteiger partial charge in [0, 0.05) is 37.0 Å². The predicted octanol–water partition coefficient (Wildman–Crippen LogP) is 6.95. The average Bonchev–Trinajstić information content (AvgIpc) is 3.26. The van der Waals surface area contributed by atoms with Gasteiger partial charge in [-0.3, -0.25) is 24.3 Å². The van der Waals surface area contributed by atoms with Crippen LogP contribution in [0.25, 0.3) is 10.9 Å². The van der Waals surface area contributed by atoms with E-state index in [0.717, 1.165) is 36.0 Å². The number of nitrogens with zero attached hydrogens (tertiary/aromatic N) is 2. The Morgan fingerprint density at radius 3 is 2.35 bits per heavy atom. The zero-order valence-electron chi connectivity index (χ0n) is 29.7. The van der Waals surface area contributed by atoms with E-state index in [1.54, 1.807) is 0 Å². The molecular weight excluding hydrogens is 604 g/mol. The molecule has 2 bridgehead atoms. The molecule has 4 heterocycles. The fraction of sp³-hybridized carbons (Fsp3) is 0.600. The van der Waals surface area contributed by atoms with Crippen LogP contribution in [-0.4, -0.2) is 67.3 Å². The lowest BCUT2D eigenvalue weighted by molar-refractivity contribution is -0.145. The van der Waals surface area contributed by atoms with Crippen LogP contribution in [0.4, 0.5) is 0 Å². The number of benzene rings is 1. The smallest absolute Gasteiger partial charge is 0.190 e. The number of ketones is 3. The van der Waals surface area contributed by atoms with Gasteiger partial charge in [-0.05, 0) is 79.5 Å². The summed E-state index contributed by atoms with van der Waals surface area (Å²) in [6, 6.07) is 10.3. The summed E-state index contributed by atoms with van der Waals surface area (Å²) in [5, 5.41) is 33.8. The van der Waals surface area contributed by atoms with Gasteiger partial charge in [0.15, 0.2) is 23.0 Å². The number of allylic oxidation sites excluding steroid dienone is 1. The van der Waals surface area contributed by atoms with Gasteiger partial charge >= 0.3 is 0 Å². The number of carbonyl (C=O) groups excluding carboxylic acids is 3. The quantitative estimate of drug-likeness (QED) is 0.156. The highest BCUT2D eigenvalue weighted by Crippen LogP contribution is 2.43. The van der Waals surface area contributed by atoms with E-state index in [9.17, 15) is 29.7 Å². The third-order valence-corrected chi connectivity index (χ3v) is 10.5. The van der Waals surface area contributed by atoms with Crippen LogP contribution in [0.3, 0.4) is 0 Å². The molecule has 6 rings (SSSR count). The maximum Gasteiger partial charge on any atom is 0.190 e. The fourth-order valence-corrected chi connectivity index (χ4v) is 7.64. The van der Waals surface area contributed by atoms with Gasteiger partial charge in [0.1, 0.15) is 11.3 Å². The van der Waals surface area contributed by atoms with Gasteiger partial charge in [-0.2, -0.15) is 0 Å². The molecule has 3 aliphatic heterocycles. The minimum Gasteiger partial charge on any atom is -0.508 e. The molecular formula is C40H56N2O6. The van der Waals surface area contributed by atoms with E-state index in [-0.39, 0.29) is 48.6 Å². The largest absolute Gasteiger partial charge is 0.508 e. The van der Waals surface area contributed by atoms with E-state index >= 15 is 0 Å². The number of aliphatic hydroxyl groups excluding tert-OH is 2. The summed E-state index contributed by atoms with van der Waals surface area (Å²) in [5.41, 5.74) is -0.659. The van der Waals surface area contributed by atoms with Crippen molar-refractivity contribution in [1.29, 1.82) is 0 Å². The Hall–Kier alpha value is -3.20. The number of aromatic nitrogens is 1. The molecule has 3 N–H and O–H groups in total. The first-order valence-corrected chi connectivity index (χ1v) is 17.9. The second-order valence-electron chi connectivity index (χ2n) is 15.4. The van der Waals surface area contributed by atoms with E-state index < -0.39 is 40.7 Å². The molecule has 48 heavy (non-hydrogen) atoms. The Morgan fingerprint density at radius 2 is 1.75 bits per heavy atom. The number of para-hydroxylation sites is 1. The number of piperidine rings is 3. The Bertz CT molecular complexity index is 1510. The highest BCUT2D eigenvalue weighted by molar-refractivity contribution is 6.25. The molecule has 1 aromatic heterocycles. The van der Waals surface area contributed by atoms with Crippen molar-refractivity contribution in [2.75, 3.05) is 13.1 Å². The molecule has 1 unspecified atom stereocenters. The molecule has 8 nitrogen and oxygen atoms in total. The topological polar surface area (TPSA) is 128 Å². The van der Waals surface area contributed by atoms with E-state index in [0.29, 0.717) is 24.7 Å². The van der Waals surface area contributed by atoms with Gasteiger partial charge in [0.2, 0.25) is 0 Å². The lowest BCUT2D eigenvalue weighted by atomic mass is 9.73. The first-order valence-electron chi connectivity index (χ1n) is 17.9. The van der Waals surface area contributed by atoms with Crippen molar-refractivity contribution in [3.63, 3.8) is 0 Å². The zero-order chi connectivity index (χ0) is 35.3. The maximum absolute atomic E-state index is 12.9. The van der Waals surface area contributed by atoms with Crippen LogP contribution in [0.2, 0.25) is 0 Å². The third kappa shape index (κ3) is 7.98. The SMILES string of the molecule is C=C[C@@H]1CN2CC[C@@H]1C[C@H]2[C@H](O)c1ccnc2ccccc12.CC(C)CCC(=O)[C@@]1(O)C(O)=C(C(=O)CC(C)C)C(=O)[C@@H]1CCC(C)C. The second kappa shape index (κ2) is 16.0. The van der Waals surface area contributed by atoms with Crippen LogP contribution < -0.4 is 0 Å². The molecule has 1 aromatic carbocycles. The highest BCUT2D eigenvalue weighted by Gasteiger charge is 2.58. The van der Waals surface area contributed by atoms with E-state index in [4.69, 9.17) is 0 Å². The van der Waals surface area contributed by atoms with Gasteiger partial charge in [-0.15, -0.1) is 6.58 Å². The van der Waals surface area contributed by atoms with Crippen molar-refractivity contribution in [2.45, 2.75) is 104 Å². The molecule has 4 aliphatic rings. The van der Waals surface area contributed by atoms with Crippen molar-refractivity contribution in [2.24, 2.45) is 35.5 Å². The molecule has 0 radical (unpaired) electrons. The first kappa shape index (κ1) is 37.6. The molecule has 3 saturated heterocycles. The van der Waals surface area contributed by atoms with Crippen molar-refractivity contribution in [3.8, 4) is 0 Å². The zero-order valence-corrected chi connectivity index (χ0v) is 29.7. The summed E-state index contributed by atoms with van der Waals surface area (Å²) in [6.45, 7) is 17.7. The van der Waals surface area contributed by atoms with E-state index in [1.807, 2.05) is 72.0 Å². The second-order valence-corrected chi connectivity index (χ2v) is 15.4. The third-order valence-electron chi connectivity index (χ3n) is 10.5. The van der Waals surface area contributed by atoms with Crippen molar-refractivity contribution < 1.29 is 29.7 Å². The van der Waals surface area contributed by atoms with Crippen LogP contribution in [-0.2, 0) is 14.4 Å². The van der Waals surface area contributed by atoms with Gasteiger partial charge < -0.3 is 15.3 Å². The minimum atomic E-state index is -2.26.